The fourth-order valence-corrected chi connectivity index (χ4v) is 2.70. The SMILES string of the molecule is CC(NC(=O)c1ccc(C#N)cc1)c1cccc(NS(C)(=O)=O)c1. The summed E-state index contributed by atoms with van der Waals surface area (Å²) in [7, 11) is -3.36. The van der Waals surface area contributed by atoms with Crippen LogP contribution in [0.1, 0.15) is 34.5 Å². The number of hydrogen-bond acceptors (Lipinski definition) is 4. The van der Waals surface area contributed by atoms with E-state index in [1.54, 1.807) is 55.5 Å². The Bertz CT molecular complexity index is 884. The molecule has 0 aliphatic heterocycles. The van der Waals surface area contributed by atoms with Gasteiger partial charge in [-0.3, -0.25) is 9.52 Å². The van der Waals surface area contributed by atoms with Crippen molar-refractivity contribution in [3.05, 3.63) is 65.2 Å². The molecule has 1 atom stereocenters. The summed E-state index contributed by atoms with van der Waals surface area (Å²) in [4.78, 5) is 12.2. The molecule has 1 amide bonds. The minimum absolute atomic E-state index is 0.270. The molecule has 2 aromatic rings. The van der Waals surface area contributed by atoms with Gasteiger partial charge in [-0.05, 0) is 48.9 Å². The van der Waals surface area contributed by atoms with Gasteiger partial charge in [0, 0.05) is 11.3 Å². The number of nitrogens with zero attached hydrogens (tertiary/aromatic N) is 1. The number of benzene rings is 2. The monoisotopic (exact) mass is 343 g/mol. The maximum absolute atomic E-state index is 12.2. The first-order chi connectivity index (χ1) is 11.3. The number of carbonyl (C=O) groups excluding carboxylic acids is 1. The van der Waals surface area contributed by atoms with Gasteiger partial charge >= 0.3 is 0 Å². The van der Waals surface area contributed by atoms with E-state index in [0.717, 1.165) is 11.8 Å². The predicted octanol–water partition coefficient (Wildman–Crippen LogP) is 2.42. The van der Waals surface area contributed by atoms with Crippen LogP contribution < -0.4 is 10.0 Å². The number of anilines is 1. The van der Waals surface area contributed by atoms with Gasteiger partial charge in [0.15, 0.2) is 0 Å². The summed E-state index contributed by atoms with van der Waals surface area (Å²) in [5.74, 6) is -0.270. The van der Waals surface area contributed by atoms with Crippen LogP contribution >= 0.6 is 0 Å². The first kappa shape index (κ1) is 17.5. The highest BCUT2D eigenvalue weighted by Crippen LogP contribution is 2.18. The van der Waals surface area contributed by atoms with E-state index in [0.29, 0.717) is 16.8 Å². The molecular weight excluding hydrogens is 326 g/mol. The van der Waals surface area contributed by atoms with Crippen molar-refractivity contribution >= 4 is 21.6 Å². The standard InChI is InChI=1S/C17H17N3O3S/c1-12(15-4-3-5-16(10-15)20-24(2,22)23)19-17(21)14-8-6-13(11-18)7-9-14/h3-10,12,20H,1-2H3,(H,19,21). The average molecular weight is 343 g/mol. The van der Waals surface area contributed by atoms with Gasteiger partial charge in [0.05, 0.1) is 23.9 Å². The van der Waals surface area contributed by atoms with Gasteiger partial charge in [0.25, 0.3) is 5.91 Å². The van der Waals surface area contributed by atoms with Crippen LogP contribution in [0.5, 0.6) is 0 Å². The van der Waals surface area contributed by atoms with E-state index in [1.807, 2.05) is 6.07 Å². The molecule has 2 aromatic carbocycles. The third kappa shape index (κ3) is 4.83. The third-order valence-electron chi connectivity index (χ3n) is 3.31. The maximum atomic E-state index is 12.2. The second kappa shape index (κ2) is 7.15. The Hall–Kier alpha value is -2.85. The van der Waals surface area contributed by atoms with E-state index in [4.69, 9.17) is 5.26 Å². The van der Waals surface area contributed by atoms with Crippen LogP contribution in [-0.4, -0.2) is 20.6 Å². The summed E-state index contributed by atoms with van der Waals surface area (Å²) >= 11 is 0. The highest BCUT2D eigenvalue weighted by Gasteiger charge is 2.12. The molecule has 124 valence electrons. The van der Waals surface area contributed by atoms with Crippen LogP contribution in [0, 0.1) is 11.3 Å². The number of rotatable bonds is 5. The summed E-state index contributed by atoms with van der Waals surface area (Å²) in [6, 6.07) is 14.8. The maximum Gasteiger partial charge on any atom is 0.251 e. The quantitative estimate of drug-likeness (QED) is 0.871. The van der Waals surface area contributed by atoms with E-state index in [2.05, 4.69) is 10.0 Å². The van der Waals surface area contributed by atoms with Gasteiger partial charge < -0.3 is 5.32 Å². The van der Waals surface area contributed by atoms with Gasteiger partial charge in [-0.25, -0.2) is 8.42 Å². The number of amides is 1. The van der Waals surface area contributed by atoms with Crippen molar-refractivity contribution in [3.63, 3.8) is 0 Å². The molecule has 0 saturated carbocycles. The zero-order chi connectivity index (χ0) is 17.7. The Morgan fingerprint density at radius 3 is 2.42 bits per heavy atom. The lowest BCUT2D eigenvalue weighted by Crippen LogP contribution is -2.26. The van der Waals surface area contributed by atoms with Gasteiger partial charge in [0.2, 0.25) is 10.0 Å². The molecule has 0 saturated heterocycles. The second-order valence-electron chi connectivity index (χ2n) is 5.38. The molecule has 0 bridgehead atoms. The Labute approximate surface area is 141 Å². The van der Waals surface area contributed by atoms with E-state index in [9.17, 15) is 13.2 Å². The summed E-state index contributed by atoms with van der Waals surface area (Å²) in [5.41, 5.74) is 2.14. The lowest BCUT2D eigenvalue weighted by atomic mass is 10.1. The van der Waals surface area contributed by atoms with Crippen LogP contribution in [-0.2, 0) is 10.0 Å². The van der Waals surface area contributed by atoms with Crippen molar-refractivity contribution in [3.8, 4) is 6.07 Å². The van der Waals surface area contributed by atoms with Crippen LogP contribution in [0.3, 0.4) is 0 Å². The van der Waals surface area contributed by atoms with Crippen LogP contribution in [0.2, 0.25) is 0 Å². The Morgan fingerprint density at radius 1 is 1.17 bits per heavy atom. The Balaban J connectivity index is 2.11. The fourth-order valence-electron chi connectivity index (χ4n) is 2.15. The molecule has 0 radical (unpaired) electrons. The van der Waals surface area contributed by atoms with Gasteiger partial charge in [-0.2, -0.15) is 5.26 Å². The van der Waals surface area contributed by atoms with Crippen molar-refractivity contribution < 1.29 is 13.2 Å². The predicted molar refractivity (Wildman–Crippen MR) is 91.9 cm³/mol. The van der Waals surface area contributed by atoms with Crippen LogP contribution in [0.25, 0.3) is 0 Å². The molecule has 0 aliphatic carbocycles. The number of nitriles is 1. The third-order valence-corrected chi connectivity index (χ3v) is 3.92. The van der Waals surface area contributed by atoms with Crippen molar-refractivity contribution in [1.29, 1.82) is 5.26 Å². The molecule has 2 N–H and O–H groups in total. The molecule has 0 aromatic heterocycles. The molecular formula is C17H17N3O3S. The fraction of sp³-hybridized carbons (Fsp3) is 0.176. The smallest absolute Gasteiger partial charge is 0.251 e. The number of sulfonamides is 1. The lowest BCUT2D eigenvalue weighted by molar-refractivity contribution is 0.0940. The normalized spacial score (nSPS) is 12.0. The van der Waals surface area contributed by atoms with E-state index in [1.165, 1.54) is 0 Å². The summed E-state index contributed by atoms with van der Waals surface area (Å²) in [6.07, 6.45) is 1.08. The summed E-state index contributed by atoms with van der Waals surface area (Å²) in [6.45, 7) is 1.81. The highest BCUT2D eigenvalue weighted by molar-refractivity contribution is 7.92. The zero-order valence-electron chi connectivity index (χ0n) is 13.3. The van der Waals surface area contributed by atoms with Gasteiger partial charge in [-0.1, -0.05) is 12.1 Å². The van der Waals surface area contributed by atoms with Crippen molar-refractivity contribution in [2.75, 3.05) is 11.0 Å². The number of carbonyl (C=O) groups is 1. The van der Waals surface area contributed by atoms with Crippen LogP contribution in [0.15, 0.2) is 48.5 Å². The molecule has 2 rings (SSSR count). The van der Waals surface area contributed by atoms with Gasteiger partial charge in [0.1, 0.15) is 0 Å². The first-order valence-electron chi connectivity index (χ1n) is 7.17. The largest absolute Gasteiger partial charge is 0.346 e. The molecule has 24 heavy (non-hydrogen) atoms. The van der Waals surface area contributed by atoms with Crippen molar-refractivity contribution in [2.24, 2.45) is 0 Å². The van der Waals surface area contributed by atoms with Crippen molar-refractivity contribution in [1.82, 2.24) is 5.32 Å². The lowest BCUT2D eigenvalue weighted by Gasteiger charge is -2.15. The number of hydrogen-bond donors (Lipinski definition) is 2. The topological polar surface area (TPSA) is 99.1 Å². The van der Waals surface area contributed by atoms with Crippen molar-refractivity contribution in [2.45, 2.75) is 13.0 Å². The average Bonchev–Trinajstić information content (AvgIpc) is 2.53. The molecule has 1 unspecified atom stereocenters. The molecule has 0 aliphatic rings. The molecule has 6 nitrogen and oxygen atoms in total. The minimum Gasteiger partial charge on any atom is -0.346 e. The number of nitrogens with one attached hydrogen (secondary N) is 2. The summed E-state index contributed by atoms with van der Waals surface area (Å²) in [5, 5.41) is 11.6. The molecule has 0 heterocycles. The first-order valence-corrected chi connectivity index (χ1v) is 9.06. The molecule has 0 spiro atoms. The molecule has 0 fully saturated rings. The Morgan fingerprint density at radius 2 is 1.83 bits per heavy atom. The Kier molecular flexibility index (Phi) is 5.21. The van der Waals surface area contributed by atoms with Crippen LogP contribution in [0.4, 0.5) is 5.69 Å². The van der Waals surface area contributed by atoms with E-state index < -0.39 is 10.0 Å². The van der Waals surface area contributed by atoms with E-state index >= 15 is 0 Å². The van der Waals surface area contributed by atoms with E-state index in [-0.39, 0.29) is 11.9 Å². The molecule has 7 heteroatoms. The summed E-state index contributed by atoms with van der Waals surface area (Å²) < 4.78 is 25.0. The zero-order valence-corrected chi connectivity index (χ0v) is 14.1. The van der Waals surface area contributed by atoms with Gasteiger partial charge in [-0.15, -0.1) is 0 Å². The highest BCUT2D eigenvalue weighted by atomic mass is 32.2. The minimum atomic E-state index is -3.36. The second-order valence-corrected chi connectivity index (χ2v) is 7.13.